The molecule has 0 aliphatic rings. The van der Waals surface area contributed by atoms with E-state index in [2.05, 4.69) is 12.1 Å². The summed E-state index contributed by atoms with van der Waals surface area (Å²) in [6.07, 6.45) is 2.35. The van der Waals surface area contributed by atoms with Crippen molar-refractivity contribution in [1.29, 1.82) is 0 Å². The fourth-order valence-corrected chi connectivity index (χ4v) is 1.54. The summed E-state index contributed by atoms with van der Waals surface area (Å²) in [4.78, 5) is 0. The Hall–Kier alpha value is -1.06. The van der Waals surface area contributed by atoms with Crippen LogP contribution in [-0.2, 0) is 11.2 Å². The van der Waals surface area contributed by atoms with Crippen LogP contribution < -0.4 is 4.74 Å². The van der Waals surface area contributed by atoms with Gasteiger partial charge < -0.3 is 14.6 Å². The third kappa shape index (κ3) is 6.29. The maximum atomic E-state index is 9.10. The maximum absolute atomic E-state index is 9.10. The number of hydrogen-bond donors (Lipinski definition) is 1. The molecule has 0 aliphatic heterocycles. The van der Waals surface area contributed by atoms with E-state index in [4.69, 9.17) is 14.6 Å². The Morgan fingerprint density at radius 3 is 2.47 bits per heavy atom. The van der Waals surface area contributed by atoms with E-state index >= 15 is 0 Å². The first-order chi connectivity index (χ1) is 8.22. The summed E-state index contributed by atoms with van der Waals surface area (Å²) in [5, 5.41) is 9.10. The highest BCUT2D eigenvalue weighted by molar-refractivity contribution is 5.27. The molecule has 1 aromatic rings. The molecule has 3 nitrogen and oxygen atoms in total. The number of ether oxygens (including phenoxy) is 2. The van der Waals surface area contributed by atoms with Crippen molar-refractivity contribution in [3.63, 3.8) is 0 Å². The summed E-state index contributed by atoms with van der Waals surface area (Å²) in [5.41, 5.74) is 1.25. The van der Waals surface area contributed by atoms with Gasteiger partial charge >= 0.3 is 0 Å². The summed E-state index contributed by atoms with van der Waals surface area (Å²) >= 11 is 0. The second-order valence-electron chi connectivity index (χ2n) is 4.23. The summed E-state index contributed by atoms with van der Waals surface area (Å²) in [6, 6.07) is 8.08. The van der Waals surface area contributed by atoms with Crippen LogP contribution in [0.3, 0.4) is 0 Å². The fourth-order valence-electron chi connectivity index (χ4n) is 1.54. The van der Waals surface area contributed by atoms with E-state index < -0.39 is 0 Å². The van der Waals surface area contributed by atoms with E-state index in [0.717, 1.165) is 31.6 Å². The monoisotopic (exact) mass is 238 g/mol. The molecule has 0 aromatic heterocycles. The van der Waals surface area contributed by atoms with E-state index in [0.29, 0.717) is 6.61 Å². The van der Waals surface area contributed by atoms with E-state index in [1.54, 1.807) is 14.0 Å². The molecule has 1 aromatic carbocycles. The van der Waals surface area contributed by atoms with Crippen molar-refractivity contribution in [3.8, 4) is 5.75 Å². The molecule has 0 aliphatic carbocycles. The van der Waals surface area contributed by atoms with Crippen molar-refractivity contribution >= 4 is 0 Å². The predicted octanol–water partition coefficient (Wildman–Crippen LogP) is 2.42. The van der Waals surface area contributed by atoms with Crippen LogP contribution in [0.15, 0.2) is 24.3 Å². The fraction of sp³-hybridized carbons (Fsp3) is 0.571. The molecular weight excluding hydrogens is 216 g/mol. The van der Waals surface area contributed by atoms with Crippen LogP contribution >= 0.6 is 0 Å². The van der Waals surface area contributed by atoms with Crippen molar-refractivity contribution < 1.29 is 14.6 Å². The van der Waals surface area contributed by atoms with Crippen LogP contribution in [0.5, 0.6) is 5.75 Å². The van der Waals surface area contributed by atoms with Gasteiger partial charge in [0.15, 0.2) is 0 Å². The van der Waals surface area contributed by atoms with Crippen LogP contribution in [-0.4, -0.2) is 31.5 Å². The molecule has 1 rings (SSSR count). The van der Waals surface area contributed by atoms with Gasteiger partial charge in [-0.3, -0.25) is 0 Å². The second-order valence-corrected chi connectivity index (χ2v) is 4.23. The van der Waals surface area contributed by atoms with Gasteiger partial charge in [-0.25, -0.2) is 0 Å². The molecule has 17 heavy (non-hydrogen) atoms. The highest BCUT2D eigenvalue weighted by Gasteiger charge is 1.98. The number of benzene rings is 1. The van der Waals surface area contributed by atoms with Gasteiger partial charge in [-0.2, -0.15) is 0 Å². The first-order valence-electron chi connectivity index (χ1n) is 6.11. The van der Waals surface area contributed by atoms with Gasteiger partial charge in [-0.05, 0) is 43.9 Å². The third-order valence-corrected chi connectivity index (χ3v) is 2.55. The lowest BCUT2D eigenvalue weighted by atomic mass is 10.1. The molecule has 0 spiro atoms. The van der Waals surface area contributed by atoms with Gasteiger partial charge in [0.1, 0.15) is 5.75 Å². The quantitative estimate of drug-likeness (QED) is 0.707. The largest absolute Gasteiger partial charge is 0.494 e. The minimum absolute atomic E-state index is 0.241. The molecule has 0 saturated carbocycles. The summed E-state index contributed by atoms with van der Waals surface area (Å²) in [7, 11) is 1.71. The van der Waals surface area contributed by atoms with Crippen molar-refractivity contribution in [1.82, 2.24) is 0 Å². The topological polar surface area (TPSA) is 38.7 Å². The average Bonchev–Trinajstić information content (AvgIpc) is 2.33. The van der Waals surface area contributed by atoms with E-state index in [1.165, 1.54) is 5.56 Å². The van der Waals surface area contributed by atoms with Crippen molar-refractivity contribution in [3.05, 3.63) is 29.8 Å². The number of aliphatic hydroxyl groups is 1. The smallest absolute Gasteiger partial charge is 0.119 e. The van der Waals surface area contributed by atoms with E-state index in [1.807, 2.05) is 12.1 Å². The zero-order chi connectivity index (χ0) is 12.5. The van der Waals surface area contributed by atoms with Gasteiger partial charge in [0.25, 0.3) is 0 Å². The lowest BCUT2D eigenvalue weighted by molar-refractivity contribution is 0.170. The van der Waals surface area contributed by atoms with Gasteiger partial charge in [0.05, 0.1) is 19.3 Å². The molecule has 3 heteroatoms. The molecule has 0 heterocycles. The Kier molecular flexibility index (Phi) is 6.67. The number of hydrogen-bond acceptors (Lipinski definition) is 3. The molecule has 1 atom stereocenters. The lowest BCUT2D eigenvalue weighted by Crippen LogP contribution is -2.04. The maximum Gasteiger partial charge on any atom is 0.119 e. The van der Waals surface area contributed by atoms with Crippen molar-refractivity contribution in [2.75, 3.05) is 20.3 Å². The van der Waals surface area contributed by atoms with Gasteiger partial charge in [0.2, 0.25) is 0 Å². The Morgan fingerprint density at radius 2 is 1.88 bits per heavy atom. The first-order valence-corrected chi connectivity index (χ1v) is 6.11. The highest BCUT2D eigenvalue weighted by atomic mass is 16.5. The van der Waals surface area contributed by atoms with Crippen LogP contribution in [0.25, 0.3) is 0 Å². The molecule has 0 amide bonds. The zero-order valence-electron chi connectivity index (χ0n) is 10.7. The predicted molar refractivity (Wildman–Crippen MR) is 68.4 cm³/mol. The van der Waals surface area contributed by atoms with Crippen LogP contribution in [0.4, 0.5) is 0 Å². The average molecular weight is 238 g/mol. The minimum Gasteiger partial charge on any atom is -0.494 e. The highest BCUT2D eigenvalue weighted by Crippen LogP contribution is 2.13. The minimum atomic E-state index is -0.241. The Balaban J connectivity index is 2.25. The zero-order valence-corrected chi connectivity index (χ0v) is 10.7. The first kappa shape index (κ1) is 14.0. The normalized spacial score (nSPS) is 12.4. The number of aliphatic hydroxyl groups excluding tert-OH is 1. The van der Waals surface area contributed by atoms with E-state index in [-0.39, 0.29) is 6.10 Å². The van der Waals surface area contributed by atoms with Crippen molar-refractivity contribution in [2.45, 2.75) is 32.3 Å². The number of methoxy groups -OCH3 is 1. The van der Waals surface area contributed by atoms with Gasteiger partial charge in [0, 0.05) is 7.11 Å². The molecule has 1 unspecified atom stereocenters. The van der Waals surface area contributed by atoms with Crippen LogP contribution in [0.2, 0.25) is 0 Å². The second kappa shape index (κ2) is 8.09. The Morgan fingerprint density at radius 1 is 1.18 bits per heavy atom. The van der Waals surface area contributed by atoms with Crippen LogP contribution in [0.1, 0.15) is 25.3 Å². The lowest BCUT2D eigenvalue weighted by Gasteiger charge is -2.08. The molecule has 96 valence electrons. The Bertz CT molecular complexity index is 293. The SMILES string of the molecule is COCCc1ccc(OCCCC(C)O)cc1. The molecular formula is C14H22O3. The van der Waals surface area contributed by atoms with Crippen LogP contribution in [0, 0.1) is 0 Å². The standard InChI is InChI=1S/C14H22O3/c1-12(15)4-3-10-17-14-7-5-13(6-8-14)9-11-16-2/h5-8,12,15H,3-4,9-11H2,1-2H3. The molecule has 1 N–H and O–H groups in total. The molecule has 0 radical (unpaired) electrons. The number of rotatable bonds is 8. The molecule has 0 fully saturated rings. The van der Waals surface area contributed by atoms with Gasteiger partial charge in [-0.15, -0.1) is 0 Å². The third-order valence-electron chi connectivity index (χ3n) is 2.55. The summed E-state index contributed by atoms with van der Waals surface area (Å²) < 4.78 is 10.6. The Labute approximate surface area is 103 Å². The summed E-state index contributed by atoms with van der Waals surface area (Å²) in [5.74, 6) is 0.886. The van der Waals surface area contributed by atoms with E-state index in [9.17, 15) is 0 Å². The van der Waals surface area contributed by atoms with Gasteiger partial charge in [-0.1, -0.05) is 12.1 Å². The summed E-state index contributed by atoms with van der Waals surface area (Å²) in [6.45, 7) is 3.20. The van der Waals surface area contributed by atoms with Crippen molar-refractivity contribution in [2.24, 2.45) is 0 Å². The molecule has 0 saturated heterocycles. The molecule has 0 bridgehead atoms.